The molecule has 5 nitrogen and oxygen atoms in total. The molecule has 3 aromatic carbocycles. The zero-order valence-electron chi connectivity index (χ0n) is 18.2. The van der Waals surface area contributed by atoms with E-state index in [4.69, 9.17) is 11.6 Å². The molecule has 0 unspecified atom stereocenters. The Balaban J connectivity index is 1.45. The van der Waals surface area contributed by atoms with Gasteiger partial charge in [0.15, 0.2) is 0 Å². The van der Waals surface area contributed by atoms with E-state index in [-0.39, 0.29) is 18.4 Å². The van der Waals surface area contributed by atoms with Gasteiger partial charge >= 0.3 is 0 Å². The van der Waals surface area contributed by atoms with E-state index in [9.17, 15) is 9.59 Å². The highest BCUT2D eigenvalue weighted by Crippen LogP contribution is 2.34. The van der Waals surface area contributed by atoms with Crippen LogP contribution in [-0.2, 0) is 16.1 Å². The van der Waals surface area contributed by atoms with Crippen LogP contribution in [0.4, 0.5) is 5.69 Å². The first kappa shape index (κ1) is 21.3. The minimum atomic E-state index is -0.258. The van der Waals surface area contributed by atoms with Crippen LogP contribution in [0, 0.1) is 0 Å². The molecule has 2 aliphatic rings. The van der Waals surface area contributed by atoms with Gasteiger partial charge in [0, 0.05) is 36.9 Å². The first-order chi connectivity index (χ1) is 16.1. The number of anilines is 1. The SMILES string of the molecule is O=C1C(c2ccc(Cl)cc2)=C(N2CCN(c3ccccc3)CC2)C(=O)N1Cc1ccccc1. The highest BCUT2D eigenvalue weighted by molar-refractivity contribution is 6.36. The largest absolute Gasteiger partial charge is 0.368 e. The van der Waals surface area contributed by atoms with Crippen LogP contribution in [0.15, 0.2) is 90.6 Å². The number of rotatable bonds is 5. The summed E-state index contributed by atoms with van der Waals surface area (Å²) in [7, 11) is 0. The molecule has 0 atom stereocenters. The molecule has 0 N–H and O–H groups in total. The van der Waals surface area contributed by atoms with Crippen LogP contribution in [0.1, 0.15) is 11.1 Å². The van der Waals surface area contributed by atoms with Gasteiger partial charge in [-0.05, 0) is 35.4 Å². The number of para-hydroxylation sites is 1. The second-order valence-electron chi connectivity index (χ2n) is 8.22. The van der Waals surface area contributed by atoms with Crippen LogP contribution in [0.25, 0.3) is 5.57 Å². The molecule has 0 saturated carbocycles. The minimum absolute atomic E-state index is 0.234. The number of piperazine rings is 1. The molecule has 0 radical (unpaired) electrons. The van der Waals surface area contributed by atoms with Crippen molar-refractivity contribution >= 4 is 34.7 Å². The number of carbonyl (C=O) groups excluding carboxylic acids is 2. The third-order valence-corrected chi connectivity index (χ3v) is 6.43. The van der Waals surface area contributed by atoms with E-state index in [0.717, 1.165) is 18.7 Å². The second-order valence-corrected chi connectivity index (χ2v) is 8.66. The lowest BCUT2D eigenvalue weighted by Gasteiger charge is -2.37. The summed E-state index contributed by atoms with van der Waals surface area (Å²) in [5, 5.41) is 0.593. The van der Waals surface area contributed by atoms with Crippen LogP contribution >= 0.6 is 11.6 Å². The molecule has 2 amide bonds. The van der Waals surface area contributed by atoms with Crippen LogP contribution in [0.3, 0.4) is 0 Å². The van der Waals surface area contributed by atoms with Gasteiger partial charge in [0.25, 0.3) is 11.8 Å². The summed E-state index contributed by atoms with van der Waals surface area (Å²) in [5.41, 5.74) is 3.76. The smallest absolute Gasteiger partial charge is 0.278 e. The average Bonchev–Trinajstić information content (AvgIpc) is 3.11. The molecule has 0 aliphatic carbocycles. The predicted octanol–water partition coefficient (Wildman–Crippen LogP) is 4.44. The number of hydrogen-bond donors (Lipinski definition) is 0. The maximum absolute atomic E-state index is 13.6. The maximum atomic E-state index is 13.6. The van der Waals surface area contributed by atoms with Gasteiger partial charge in [-0.25, -0.2) is 0 Å². The van der Waals surface area contributed by atoms with Gasteiger partial charge in [-0.3, -0.25) is 14.5 Å². The average molecular weight is 458 g/mol. The summed E-state index contributed by atoms with van der Waals surface area (Å²) in [5.74, 6) is -0.492. The van der Waals surface area contributed by atoms with Gasteiger partial charge in [0.05, 0.1) is 12.1 Å². The van der Waals surface area contributed by atoms with Crippen molar-refractivity contribution in [3.8, 4) is 0 Å². The van der Waals surface area contributed by atoms with Crippen LogP contribution in [-0.4, -0.2) is 47.8 Å². The molecule has 6 heteroatoms. The van der Waals surface area contributed by atoms with Gasteiger partial charge in [-0.1, -0.05) is 72.3 Å². The quantitative estimate of drug-likeness (QED) is 0.531. The maximum Gasteiger partial charge on any atom is 0.278 e. The molecule has 1 fully saturated rings. The molecule has 0 spiro atoms. The molecule has 0 aromatic heterocycles. The second kappa shape index (κ2) is 9.12. The third kappa shape index (κ3) is 4.24. The molecule has 166 valence electrons. The number of carbonyl (C=O) groups is 2. The Hall–Kier alpha value is -3.57. The fraction of sp³-hybridized carbons (Fsp3) is 0.185. The van der Waals surface area contributed by atoms with Gasteiger partial charge in [-0.2, -0.15) is 0 Å². The molecule has 2 aliphatic heterocycles. The van der Waals surface area contributed by atoms with Gasteiger partial charge in [-0.15, -0.1) is 0 Å². The summed E-state index contributed by atoms with van der Waals surface area (Å²) in [4.78, 5) is 32.8. The van der Waals surface area contributed by atoms with E-state index in [1.54, 1.807) is 12.1 Å². The Morgan fingerprint density at radius 2 is 1.24 bits per heavy atom. The van der Waals surface area contributed by atoms with Crippen molar-refractivity contribution in [1.82, 2.24) is 9.80 Å². The van der Waals surface area contributed by atoms with Crippen molar-refractivity contribution < 1.29 is 9.59 Å². The lowest BCUT2D eigenvalue weighted by atomic mass is 10.0. The van der Waals surface area contributed by atoms with Gasteiger partial charge in [0.2, 0.25) is 0 Å². The van der Waals surface area contributed by atoms with Crippen molar-refractivity contribution in [2.24, 2.45) is 0 Å². The lowest BCUT2D eigenvalue weighted by Crippen LogP contribution is -2.47. The molecule has 1 saturated heterocycles. The van der Waals surface area contributed by atoms with Gasteiger partial charge in [0.1, 0.15) is 5.70 Å². The summed E-state index contributed by atoms with van der Waals surface area (Å²) in [6, 6.07) is 27.0. The first-order valence-corrected chi connectivity index (χ1v) is 11.4. The van der Waals surface area contributed by atoms with E-state index >= 15 is 0 Å². The monoisotopic (exact) mass is 457 g/mol. The number of nitrogens with zero attached hydrogens (tertiary/aromatic N) is 3. The Bertz CT molecular complexity index is 1190. The molecular formula is C27H24ClN3O2. The van der Waals surface area contributed by atoms with Crippen molar-refractivity contribution in [2.75, 3.05) is 31.1 Å². The van der Waals surface area contributed by atoms with Crippen molar-refractivity contribution in [3.63, 3.8) is 0 Å². The summed E-state index contributed by atoms with van der Waals surface area (Å²) in [6.07, 6.45) is 0. The molecule has 5 rings (SSSR count). The normalized spacial score (nSPS) is 16.7. The van der Waals surface area contributed by atoms with E-state index in [1.165, 1.54) is 10.6 Å². The Morgan fingerprint density at radius 3 is 1.88 bits per heavy atom. The Kier molecular flexibility index (Phi) is 5.88. The number of hydrogen-bond acceptors (Lipinski definition) is 4. The molecule has 33 heavy (non-hydrogen) atoms. The van der Waals surface area contributed by atoms with Crippen molar-refractivity contribution in [3.05, 3.63) is 107 Å². The highest BCUT2D eigenvalue weighted by atomic mass is 35.5. The number of amides is 2. The fourth-order valence-electron chi connectivity index (χ4n) is 4.47. The Labute approximate surface area is 198 Å². The summed E-state index contributed by atoms with van der Waals surface area (Å²) < 4.78 is 0. The zero-order valence-corrected chi connectivity index (χ0v) is 18.9. The zero-order chi connectivity index (χ0) is 22.8. The predicted molar refractivity (Wildman–Crippen MR) is 131 cm³/mol. The molecule has 2 heterocycles. The first-order valence-electron chi connectivity index (χ1n) is 11.1. The molecule has 3 aromatic rings. The van der Waals surface area contributed by atoms with Crippen molar-refractivity contribution in [2.45, 2.75) is 6.54 Å². The lowest BCUT2D eigenvalue weighted by molar-refractivity contribution is -0.138. The number of imide groups is 1. The van der Waals surface area contributed by atoms with E-state index in [1.807, 2.05) is 60.7 Å². The van der Waals surface area contributed by atoms with E-state index < -0.39 is 0 Å². The van der Waals surface area contributed by atoms with Crippen LogP contribution in [0.2, 0.25) is 5.02 Å². The van der Waals surface area contributed by atoms with E-state index in [2.05, 4.69) is 21.9 Å². The fourth-order valence-corrected chi connectivity index (χ4v) is 4.60. The third-order valence-electron chi connectivity index (χ3n) is 6.18. The number of benzene rings is 3. The molecular weight excluding hydrogens is 434 g/mol. The molecule has 0 bridgehead atoms. The van der Waals surface area contributed by atoms with Gasteiger partial charge < -0.3 is 9.80 Å². The van der Waals surface area contributed by atoms with Crippen LogP contribution < -0.4 is 4.90 Å². The summed E-state index contributed by atoms with van der Waals surface area (Å²) in [6.45, 7) is 3.14. The van der Waals surface area contributed by atoms with E-state index in [0.29, 0.717) is 34.9 Å². The Morgan fingerprint density at radius 1 is 0.667 bits per heavy atom. The summed E-state index contributed by atoms with van der Waals surface area (Å²) >= 11 is 6.08. The van der Waals surface area contributed by atoms with Crippen molar-refractivity contribution in [1.29, 1.82) is 0 Å². The topological polar surface area (TPSA) is 43.9 Å². The number of halogens is 1. The standard InChI is InChI=1S/C27H24ClN3O2/c28-22-13-11-21(12-14-22)24-25(27(33)31(26(24)32)19-20-7-3-1-4-8-20)30-17-15-29(16-18-30)23-9-5-2-6-10-23/h1-14H,15-19H2. The highest BCUT2D eigenvalue weighted by Gasteiger charge is 2.42. The van der Waals surface area contributed by atoms with Crippen LogP contribution in [0.5, 0.6) is 0 Å². The minimum Gasteiger partial charge on any atom is -0.368 e.